The molecule has 0 amide bonds. The van der Waals surface area contributed by atoms with Crippen LogP contribution in [0.25, 0.3) is 0 Å². The molecule has 0 aliphatic heterocycles. The molecular weight excluding hydrogens is 208 g/mol. The molecule has 0 bridgehead atoms. The number of hydrogen-bond donors (Lipinski definition) is 1. The van der Waals surface area contributed by atoms with Crippen molar-refractivity contribution < 1.29 is 0 Å². The first-order chi connectivity index (χ1) is 8.28. The minimum atomic E-state index is 0.664. The summed E-state index contributed by atoms with van der Waals surface area (Å²) in [5.74, 6) is 0.898. The SMILES string of the molecule is C[C@H]1CC[C@H](NCc2cccc(C#N)c2)CC1. The molecule has 17 heavy (non-hydrogen) atoms. The van der Waals surface area contributed by atoms with Crippen molar-refractivity contribution in [1.82, 2.24) is 5.32 Å². The van der Waals surface area contributed by atoms with Crippen LogP contribution in [0.1, 0.15) is 43.7 Å². The minimum absolute atomic E-state index is 0.664. The molecule has 1 N–H and O–H groups in total. The van der Waals surface area contributed by atoms with Gasteiger partial charge in [0.05, 0.1) is 11.6 Å². The summed E-state index contributed by atoms with van der Waals surface area (Å²) in [6.45, 7) is 3.22. The molecule has 2 heteroatoms. The third-order valence-corrected chi connectivity index (χ3v) is 3.67. The second-order valence-electron chi connectivity index (χ2n) is 5.15. The van der Waals surface area contributed by atoms with E-state index in [9.17, 15) is 0 Å². The number of hydrogen-bond acceptors (Lipinski definition) is 2. The molecule has 0 atom stereocenters. The molecule has 1 aromatic rings. The summed E-state index contributed by atoms with van der Waals surface area (Å²) in [6.07, 6.45) is 5.27. The van der Waals surface area contributed by atoms with E-state index in [1.54, 1.807) is 0 Å². The average molecular weight is 228 g/mol. The van der Waals surface area contributed by atoms with Crippen LogP contribution in [0.3, 0.4) is 0 Å². The Morgan fingerprint density at radius 1 is 1.29 bits per heavy atom. The lowest BCUT2D eigenvalue weighted by Crippen LogP contribution is -2.32. The maximum atomic E-state index is 8.84. The van der Waals surface area contributed by atoms with Gasteiger partial charge in [0.15, 0.2) is 0 Å². The van der Waals surface area contributed by atoms with Gasteiger partial charge in [-0.15, -0.1) is 0 Å². The van der Waals surface area contributed by atoms with Crippen molar-refractivity contribution in [3.05, 3.63) is 35.4 Å². The molecule has 0 saturated heterocycles. The van der Waals surface area contributed by atoms with Crippen LogP contribution in [0.5, 0.6) is 0 Å². The lowest BCUT2D eigenvalue weighted by Gasteiger charge is -2.27. The molecule has 0 spiro atoms. The zero-order valence-corrected chi connectivity index (χ0v) is 10.4. The van der Waals surface area contributed by atoms with Gasteiger partial charge < -0.3 is 5.32 Å². The molecule has 1 aromatic carbocycles. The summed E-state index contributed by atoms with van der Waals surface area (Å²) in [5, 5.41) is 12.4. The van der Waals surface area contributed by atoms with Crippen molar-refractivity contribution in [2.24, 2.45) is 5.92 Å². The van der Waals surface area contributed by atoms with Crippen molar-refractivity contribution in [2.75, 3.05) is 0 Å². The third kappa shape index (κ3) is 3.57. The predicted molar refractivity (Wildman–Crippen MR) is 69.4 cm³/mol. The molecule has 0 unspecified atom stereocenters. The van der Waals surface area contributed by atoms with Crippen LogP contribution < -0.4 is 5.32 Å². The maximum absolute atomic E-state index is 8.84. The number of nitrogens with zero attached hydrogens (tertiary/aromatic N) is 1. The molecule has 1 aliphatic rings. The van der Waals surface area contributed by atoms with Gasteiger partial charge in [-0.25, -0.2) is 0 Å². The van der Waals surface area contributed by atoms with E-state index in [-0.39, 0.29) is 0 Å². The highest BCUT2D eigenvalue weighted by Gasteiger charge is 2.17. The van der Waals surface area contributed by atoms with Gasteiger partial charge in [-0.05, 0) is 49.3 Å². The fourth-order valence-corrected chi connectivity index (χ4v) is 2.48. The second kappa shape index (κ2) is 5.84. The Labute approximate surface area is 104 Å². The van der Waals surface area contributed by atoms with Gasteiger partial charge in [0.1, 0.15) is 0 Å². The topological polar surface area (TPSA) is 35.8 Å². The number of rotatable bonds is 3. The molecule has 0 aromatic heterocycles. The van der Waals surface area contributed by atoms with Crippen LogP contribution in [0.4, 0.5) is 0 Å². The van der Waals surface area contributed by atoms with Crippen LogP contribution in [0, 0.1) is 17.2 Å². The van der Waals surface area contributed by atoms with Gasteiger partial charge >= 0.3 is 0 Å². The van der Waals surface area contributed by atoms with E-state index in [4.69, 9.17) is 5.26 Å². The molecule has 2 rings (SSSR count). The Morgan fingerprint density at radius 2 is 2.06 bits per heavy atom. The molecule has 0 heterocycles. The van der Waals surface area contributed by atoms with E-state index in [1.165, 1.54) is 31.2 Å². The van der Waals surface area contributed by atoms with Gasteiger partial charge in [-0.2, -0.15) is 5.26 Å². The highest BCUT2D eigenvalue weighted by atomic mass is 14.9. The van der Waals surface area contributed by atoms with Crippen molar-refractivity contribution in [3.8, 4) is 6.07 Å². The van der Waals surface area contributed by atoms with Crippen LogP contribution in [-0.4, -0.2) is 6.04 Å². The van der Waals surface area contributed by atoms with Crippen LogP contribution in [0.2, 0.25) is 0 Å². The maximum Gasteiger partial charge on any atom is 0.0991 e. The van der Waals surface area contributed by atoms with Crippen molar-refractivity contribution in [2.45, 2.75) is 45.2 Å². The molecule has 0 radical (unpaired) electrons. The summed E-state index contributed by atoms with van der Waals surface area (Å²) >= 11 is 0. The van der Waals surface area contributed by atoms with E-state index in [0.29, 0.717) is 6.04 Å². The molecule has 1 saturated carbocycles. The molecule has 1 aliphatic carbocycles. The summed E-state index contributed by atoms with van der Waals surface area (Å²) < 4.78 is 0. The standard InChI is InChI=1S/C15H20N2/c1-12-5-7-15(8-6-12)17-11-14-4-2-3-13(9-14)10-16/h2-4,9,12,15,17H,5-8,11H2,1H3/t12-,15-. The molecule has 90 valence electrons. The van der Waals surface area contributed by atoms with E-state index < -0.39 is 0 Å². The van der Waals surface area contributed by atoms with Crippen LogP contribution in [-0.2, 0) is 6.54 Å². The largest absolute Gasteiger partial charge is 0.310 e. The average Bonchev–Trinajstić information content (AvgIpc) is 2.38. The van der Waals surface area contributed by atoms with Crippen LogP contribution >= 0.6 is 0 Å². The quantitative estimate of drug-likeness (QED) is 0.862. The zero-order chi connectivity index (χ0) is 12.1. The normalized spacial score (nSPS) is 24.2. The van der Waals surface area contributed by atoms with E-state index in [2.05, 4.69) is 24.4 Å². The van der Waals surface area contributed by atoms with Gasteiger partial charge in [0, 0.05) is 12.6 Å². The number of benzene rings is 1. The summed E-state index contributed by atoms with van der Waals surface area (Å²) in [5.41, 5.74) is 1.96. The van der Waals surface area contributed by atoms with E-state index >= 15 is 0 Å². The summed E-state index contributed by atoms with van der Waals surface area (Å²) in [7, 11) is 0. The third-order valence-electron chi connectivity index (χ3n) is 3.67. The Hall–Kier alpha value is -1.33. The smallest absolute Gasteiger partial charge is 0.0991 e. The lowest BCUT2D eigenvalue weighted by molar-refractivity contribution is 0.306. The Bertz CT molecular complexity index is 398. The number of nitriles is 1. The fourth-order valence-electron chi connectivity index (χ4n) is 2.48. The summed E-state index contributed by atoms with van der Waals surface area (Å²) in [4.78, 5) is 0. The van der Waals surface area contributed by atoms with Crippen molar-refractivity contribution >= 4 is 0 Å². The van der Waals surface area contributed by atoms with Gasteiger partial charge in [-0.1, -0.05) is 19.1 Å². The highest BCUT2D eigenvalue weighted by molar-refractivity contribution is 5.32. The lowest BCUT2D eigenvalue weighted by atomic mass is 9.87. The van der Waals surface area contributed by atoms with Crippen molar-refractivity contribution in [1.29, 1.82) is 5.26 Å². The second-order valence-corrected chi connectivity index (χ2v) is 5.15. The Morgan fingerprint density at radius 3 is 2.76 bits per heavy atom. The Kier molecular flexibility index (Phi) is 4.17. The zero-order valence-electron chi connectivity index (χ0n) is 10.4. The first-order valence-electron chi connectivity index (χ1n) is 6.50. The summed E-state index contributed by atoms with van der Waals surface area (Å²) in [6, 6.07) is 10.7. The Balaban J connectivity index is 1.83. The highest BCUT2D eigenvalue weighted by Crippen LogP contribution is 2.23. The van der Waals surface area contributed by atoms with Gasteiger partial charge in [0.2, 0.25) is 0 Å². The molecule has 1 fully saturated rings. The minimum Gasteiger partial charge on any atom is -0.310 e. The van der Waals surface area contributed by atoms with Gasteiger partial charge in [-0.3, -0.25) is 0 Å². The monoisotopic (exact) mass is 228 g/mol. The predicted octanol–water partition coefficient (Wildman–Crippen LogP) is 3.23. The fraction of sp³-hybridized carbons (Fsp3) is 0.533. The first-order valence-corrected chi connectivity index (χ1v) is 6.50. The molecule has 2 nitrogen and oxygen atoms in total. The number of nitrogens with one attached hydrogen (secondary N) is 1. The van der Waals surface area contributed by atoms with E-state index in [0.717, 1.165) is 18.0 Å². The van der Waals surface area contributed by atoms with E-state index in [1.807, 2.05) is 18.2 Å². The molecular formula is C15H20N2. The first kappa shape index (κ1) is 12.1. The van der Waals surface area contributed by atoms with Gasteiger partial charge in [0.25, 0.3) is 0 Å². The van der Waals surface area contributed by atoms with Crippen LogP contribution in [0.15, 0.2) is 24.3 Å². The van der Waals surface area contributed by atoms with Crippen molar-refractivity contribution in [3.63, 3.8) is 0 Å².